The number of ketones is 1. The van der Waals surface area contributed by atoms with Gasteiger partial charge < -0.3 is 5.11 Å². The molecule has 0 heterocycles. The lowest BCUT2D eigenvalue weighted by atomic mass is 9.67. The van der Waals surface area contributed by atoms with Crippen molar-refractivity contribution in [2.45, 2.75) is 54.1 Å². The van der Waals surface area contributed by atoms with Crippen molar-refractivity contribution in [1.82, 2.24) is 0 Å². The summed E-state index contributed by atoms with van der Waals surface area (Å²) in [7, 11) is 0. The monoisotopic (exact) mass is 226 g/mol. The number of allylic oxidation sites excluding steroid dienone is 2. The van der Waals surface area contributed by atoms with Gasteiger partial charge in [0.25, 0.3) is 0 Å². The molecule has 0 aliphatic rings. The molecule has 0 radical (unpaired) electrons. The van der Waals surface area contributed by atoms with Gasteiger partial charge in [0, 0.05) is 5.92 Å². The first-order valence-corrected chi connectivity index (χ1v) is 6.12. The molecule has 0 spiro atoms. The molecule has 94 valence electrons. The molecule has 2 heteroatoms. The average Bonchev–Trinajstić information content (AvgIpc) is 2.17. The van der Waals surface area contributed by atoms with Crippen LogP contribution in [0.1, 0.15) is 48.0 Å². The van der Waals surface area contributed by atoms with Crippen LogP contribution in [0.5, 0.6) is 0 Å². The Morgan fingerprint density at radius 2 is 1.88 bits per heavy atom. The maximum Gasteiger partial charge on any atom is 0.159 e. The highest BCUT2D eigenvalue weighted by Crippen LogP contribution is 2.38. The van der Waals surface area contributed by atoms with Crippen LogP contribution in [0.4, 0.5) is 0 Å². The van der Waals surface area contributed by atoms with Crippen LogP contribution >= 0.6 is 0 Å². The van der Waals surface area contributed by atoms with Gasteiger partial charge in [-0.25, -0.2) is 0 Å². The lowest BCUT2D eigenvalue weighted by molar-refractivity contribution is -0.126. The van der Waals surface area contributed by atoms with Gasteiger partial charge in [0.05, 0.1) is 6.10 Å². The molecule has 3 unspecified atom stereocenters. The van der Waals surface area contributed by atoms with Crippen molar-refractivity contribution in [3.05, 3.63) is 12.2 Å². The molecular formula is C14H26O2. The molecule has 0 bridgehead atoms. The van der Waals surface area contributed by atoms with Crippen molar-refractivity contribution in [3.8, 4) is 0 Å². The van der Waals surface area contributed by atoms with Crippen LogP contribution in [0.3, 0.4) is 0 Å². The highest BCUT2D eigenvalue weighted by Gasteiger charge is 2.38. The van der Waals surface area contributed by atoms with Crippen molar-refractivity contribution >= 4 is 5.78 Å². The summed E-state index contributed by atoms with van der Waals surface area (Å²) in [6.45, 7) is 11.8. The molecule has 16 heavy (non-hydrogen) atoms. The minimum atomic E-state index is -0.454. The predicted molar refractivity (Wildman–Crippen MR) is 68.2 cm³/mol. The van der Waals surface area contributed by atoms with Crippen LogP contribution in [-0.2, 0) is 4.79 Å². The first-order valence-electron chi connectivity index (χ1n) is 6.12. The zero-order valence-electron chi connectivity index (χ0n) is 11.4. The molecule has 0 aromatic heterocycles. The zero-order valence-corrected chi connectivity index (χ0v) is 11.4. The van der Waals surface area contributed by atoms with Crippen LogP contribution in [0.2, 0.25) is 0 Å². The fraction of sp³-hybridized carbons (Fsp3) is 0.786. The molecule has 0 amide bonds. The number of aliphatic hydroxyl groups is 1. The van der Waals surface area contributed by atoms with E-state index in [2.05, 4.69) is 20.8 Å². The number of carbonyl (C=O) groups is 1. The molecule has 3 atom stereocenters. The normalized spacial score (nSPS) is 18.4. The van der Waals surface area contributed by atoms with E-state index in [0.29, 0.717) is 0 Å². The summed E-state index contributed by atoms with van der Waals surface area (Å²) in [6.07, 6.45) is 3.87. The minimum Gasteiger partial charge on any atom is -0.393 e. The van der Waals surface area contributed by atoms with E-state index in [0.717, 1.165) is 6.42 Å². The Kier molecular flexibility index (Phi) is 5.95. The van der Waals surface area contributed by atoms with E-state index in [9.17, 15) is 9.90 Å². The van der Waals surface area contributed by atoms with E-state index in [1.807, 2.05) is 13.8 Å². The van der Waals surface area contributed by atoms with E-state index >= 15 is 0 Å². The largest absolute Gasteiger partial charge is 0.393 e. The molecular weight excluding hydrogens is 200 g/mol. The Bertz CT molecular complexity index is 251. The maximum atomic E-state index is 12.1. The maximum absolute atomic E-state index is 12.1. The van der Waals surface area contributed by atoms with Crippen molar-refractivity contribution in [1.29, 1.82) is 0 Å². The standard InChI is InChI=1S/C14H26O2/c1-7-9-12(16)13(10(3)11(4)15)14(5,6)8-2/h7,9-11,13,15H,8H2,1-6H3/b9-7+. The number of aliphatic hydroxyl groups excluding tert-OH is 1. The molecule has 0 rings (SSSR count). The van der Waals surface area contributed by atoms with E-state index in [1.165, 1.54) is 0 Å². The van der Waals surface area contributed by atoms with Gasteiger partial charge in [-0.2, -0.15) is 0 Å². The predicted octanol–water partition coefficient (Wildman–Crippen LogP) is 3.20. The Morgan fingerprint density at radius 3 is 2.19 bits per heavy atom. The van der Waals surface area contributed by atoms with Gasteiger partial charge in [0.1, 0.15) is 0 Å². The zero-order chi connectivity index (χ0) is 12.9. The molecule has 0 aromatic rings. The van der Waals surface area contributed by atoms with E-state index in [4.69, 9.17) is 0 Å². The Morgan fingerprint density at radius 1 is 1.38 bits per heavy atom. The van der Waals surface area contributed by atoms with Gasteiger partial charge in [0.2, 0.25) is 0 Å². The van der Waals surface area contributed by atoms with Crippen LogP contribution in [0.15, 0.2) is 12.2 Å². The number of carbonyl (C=O) groups excluding carboxylic acids is 1. The van der Waals surface area contributed by atoms with E-state index < -0.39 is 6.10 Å². The summed E-state index contributed by atoms with van der Waals surface area (Å²) in [5, 5.41) is 9.69. The highest BCUT2D eigenvalue weighted by atomic mass is 16.3. The summed E-state index contributed by atoms with van der Waals surface area (Å²) in [4.78, 5) is 12.1. The van der Waals surface area contributed by atoms with Crippen molar-refractivity contribution in [2.75, 3.05) is 0 Å². The Labute approximate surface area is 99.7 Å². The number of rotatable bonds is 6. The van der Waals surface area contributed by atoms with E-state index in [-0.39, 0.29) is 23.0 Å². The fourth-order valence-corrected chi connectivity index (χ4v) is 2.12. The summed E-state index contributed by atoms with van der Waals surface area (Å²) < 4.78 is 0. The molecule has 0 fully saturated rings. The minimum absolute atomic E-state index is 0.0151. The third-order valence-corrected chi connectivity index (χ3v) is 3.68. The molecule has 0 aliphatic carbocycles. The van der Waals surface area contributed by atoms with E-state index in [1.54, 1.807) is 19.1 Å². The van der Waals surface area contributed by atoms with Crippen LogP contribution in [-0.4, -0.2) is 17.0 Å². The molecule has 1 N–H and O–H groups in total. The smallest absolute Gasteiger partial charge is 0.159 e. The van der Waals surface area contributed by atoms with Gasteiger partial charge in [-0.1, -0.05) is 40.2 Å². The highest BCUT2D eigenvalue weighted by molar-refractivity contribution is 5.92. The van der Waals surface area contributed by atoms with Crippen molar-refractivity contribution in [2.24, 2.45) is 17.3 Å². The Hall–Kier alpha value is -0.630. The third-order valence-electron chi connectivity index (χ3n) is 3.68. The van der Waals surface area contributed by atoms with Gasteiger partial charge in [-0.15, -0.1) is 0 Å². The fourth-order valence-electron chi connectivity index (χ4n) is 2.12. The number of hydrogen-bond donors (Lipinski definition) is 1. The van der Waals surface area contributed by atoms with Crippen LogP contribution < -0.4 is 0 Å². The summed E-state index contributed by atoms with van der Waals surface area (Å²) in [6, 6.07) is 0. The second-order valence-electron chi connectivity index (χ2n) is 5.32. The Balaban J connectivity index is 5.13. The molecule has 0 aliphatic heterocycles. The van der Waals surface area contributed by atoms with Crippen molar-refractivity contribution < 1.29 is 9.90 Å². The number of hydrogen-bond acceptors (Lipinski definition) is 2. The summed E-state index contributed by atoms with van der Waals surface area (Å²) >= 11 is 0. The summed E-state index contributed by atoms with van der Waals surface area (Å²) in [5.41, 5.74) is -0.0764. The third kappa shape index (κ3) is 3.75. The topological polar surface area (TPSA) is 37.3 Å². The SMILES string of the molecule is C/C=C/C(=O)C(C(C)C(C)O)C(C)(C)CC. The van der Waals surface area contributed by atoms with Gasteiger partial charge in [-0.3, -0.25) is 4.79 Å². The van der Waals surface area contributed by atoms with Crippen LogP contribution in [0, 0.1) is 17.3 Å². The first kappa shape index (κ1) is 15.4. The molecule has 2 nitrogen and oxygen atoms in total. The summed E-state index contributed by atoms with van der Waals surface area (Å²) in [5.74, 6) is -0.00454. The second kappa shape index (κ2) is 6.19. The van der Waals surface area contributed by atoms with Crippen LogP contribution in [0.25, 0.3) is 0 Å². The lowest BCUT2D eigenvalue weighted by Crippen LogP contribution is -2.39. The molecule has 0 saturated carbocycles. The lowest BCUT2D eigenvalue weighted by Gasteiger charge is -2.37. The van der Waals surface area contributed by atoms with Gasteiger partial charge >= 0.3 is 0 Å². The van der Waals surface area contributed by atoms with Crippen molar-refractivity contribution in [3.63, 3.8) is 0 Å². The second-order valence-corrected chi connectivity index (χ2v) is 5.32. The first-order chi connectivity index (χ1) is 7.27. The molecule has 0 saturated heterocycles. The van der Waals surface area contributed by atoms with Gasteiger partial charge in [0.15, 0.2) is 5.78 Å². The van der Waals surface area contributed by atoms with Gasteiger partial charge in [-0.05, 0) is 31.3 Å². The quantitative estimate of drug-likeness (QED) is 0.706. The molecule has 0 aromatic carbocycles. The average molecular weight is 226 g/mol.